The molecule has 4 N–H and O–H groups in total. The lowest BCUT2D eigenvalue weighted by Crippen LogP contribution is -2.06. The standard InChI is InChI=1S/C14H13N2O3P/c17-13-10-6-3-5-9(12(10)14(18)15-13)8-4-1-2-7-11(8)16-20-19/h1-4,6-7,9,15,17-18H,5H2,(H,16,19). The van der Waals surface area contributed by atoms with E-state index in [9.17, 15) is 14.8 Å². The summed E-state index contributed by atoms with van der Waals surface area (Å²) in [5.74, 6) is -0.162. The molecule has 0 bridgehead atoms. The Hall–Kier alpha value is -2.26. The van der Waals surface area contributed by atoms with E-state index in [1.165, 1.54) is 0 Å². The van der Waals surface area contributed by atoms with Crippen molar-refractivity contribution in [3.05, 3.63) is 47.0 Å². The predicted octanol–water partition coefficient (Wildman–Crippen LogP) is 3.59. The van der Waals surface area contributed by atoms with Crippen molar-refractivity contribution in [3.8, 4) is 11.8 Å². The molecular formula is C14H13N2O3P. The number of hydrogen-bond donors (Lipinski definition) is 4. The molecule has 3 rings (SSSR count). The summed E-state index contributed by atoms with van der Waals surface area (Å²) < 4.78 is 10.8. The van der Waals surface area contributed by atoms with E-state index in [1.807, 2.05) is 30.3 Å². The van der Waals surface area contributed by atoms with Crippen molar-refractivity contribution in [2.45, 2.75) is 12.3 Å². The Morgan fingerprint density at radius 1 is 1.25 bits per heavy atom. The van der Waals surface area contributed by atoms with Crippen LogP contribution in [0.1, 0.15) is 29.0 Å². The average molecular weight is 288 g/mol. The van der Waals surface area contributed by atoms with Gasteiger partial charge in [-0.1, -0.05) is 30.4 Å². The third-order valence-electron chi connectivity index (χ3n) is 3.54. The average Bonchev–Trinajstić information content (AvgIpc) is 2.75. The van der Waals surface area contributed by atoms with Gasteiger partial charge in [-0.25, -0.2) is 4.57 Å². The molecule has 0 aliphatic heterocycles. The topological polar surface area (TPSA) is 85.4 Å². The van der Waals surface area contributed by atoms with Crippen LogP contribution in [0.2, 0.25) is 0 Å². The number of nitrogens with one attached hydrogen (secondary N) is 2. The highest BCUT2D eigenvalue weighted by Crippen LogP contribution is 2.45. The number of hydrogen-bond acceptors (Lipinski definition) is 3. The van der Waals surface area contributed by atoms with Gasteiger partial charge >= 0.3 is 0 Å². The Morgan fingerprint density at radius 2 is 2.05 bits per heavy atom. The highest BCUT2D eigenvalue weighted by atomic mass is 31.1. The van der Waals surface area contributed by atoms with Crippen molar-refractivity contribution in [2.24, 2.45) is 0 Å². The fourth-order valence-corrected chi connectivity index (χ4v) is 3.00. The minimum absolute atomic E-state index is 0.0265. The Morgan fingerprint density at radius 3 is 2.85 bits per heavy atom. The van der Waals surface area contributed by atoms with E-state index in [4.69, 9.17) is 0 Å². The van der Waals surface area contributed by atoms with E-state index in [1.54, 1.807) is 6.08 Å². The number of fused-ring (bicyclic) bond motifs is 1. The van der Waals surface area contributed by atoms with Crippen LogP contribution in [0.25, 0.3) is 6.08 Å². The molecule has 5 nitrogen and oxygen atoms in total. The lowest BCUT2D eigenvalue weighted by molar-refractivity contribution is 0.422. The predicted molar refractivity (Wildman–Crippen MR) is 77.3 cm³/mol. The maximum atomic E-state index is 10.8. The van der Waals surface area contributed by atoms with Crippen molar-refractivity contribution >= 4 is 20.4 Å². The van der Waals surface area contributed by atoms with Crippen molar-refractivity contribution in [1.29, 1.82) is 0 Å². The molecule has 0 saturated carbocycles. The molecule has 0 amide bonds. The van der Waals surface area contributed by atoms with Gasteiger partial charge in [0.2, 0.25) is 0 Å². The molecule has 6 heteroatoms. The van der Waals surface area contributed by atoms with Gasteiger partial charge in [-0.05, 0) is 18.1 Å². The number of aromatic hydroxyl groups is 2. The van der Waals surface area contributed by atoms with Crippen LogP contribution in [0.15, 0.2) is 30.3 Å². The normalized spacial score (nSPS) is 17.1. The Bertz CT molecular complexity index is 694. The molecule has 0 spiro atoms. The molecule has 2 aromatic rings. The molecule has 1 unspecified atom stereocenters. The summed E-state index contributed by atoms with van der Waals surface area (Å²) in [4.78, 5) is 2.55. The van der Waals surface area contributed by atoms with E-state index in [-0.39, 0.29) is 26.3 Å². The SMILES string of the molecule is O=PNc1ccccc1C1CC=Cc2c(O)[nH]c(O)c21. The van der Waals surface area contributed by atoms with Crippen molar-refractivity contribution in [2.75, 3.05) is 5.09 Å². The molecule has 1 aliphatic carbocycles. The van der Waals surface area contributed by atoms with Crippen molar-refractivity contribution < 1.29 is 14.8 Å². The first-order chi connectivity index (χ1) is 9.72. The van der Waals surface area contributed by atoms with Gasteiger partial charge in [-0.15, -0.1) is 0 Å². The summed E-state index contributed by atoms with van der Waals surface area (Å²) in [6, 6.07) is 7.50. The first kappa shape index (κ1) is 12.8. The molecule has 102 valence electrons. The maximum Gasteiger partial charge on any atom is 0.279 e. The van der Waals surface area contributed by atoms with E-state index < -0.39 is 0 Å². The van der Waals surface area contributed by atoms with Crippen LogP contribution in [0.5, 0.6) is 11.8 Å². The van der Waals surface area contributed by atoms with E-state index in [0.29, 0.717) is 17.5 Å². The zero-order chi connectivity index (χ0) is 14.1. The van der Waals surface area contributed by atoms with Crippen LogP contribution < -0.4 is 5.09 Å². The highest BCUT2D eigenvalue weighted by Gasteiger charge is 2.28. The second kappa shape index (κ2) is 5.02. The summed E-state index contributed by atoms with van der Waals surface area (Å²) in [7, 11) is -0.175. The van der Waals surface area contributed by atoms with Crippen molar-refractivity contribution in [1.82, 2.24) is 4.98 Å². The van der Waals surface area contributed by atoms with Gasteiger partial charge in [0.25, 0.3) is 8.61 Å². The number of allylic oxidation sites excluding steroid dienone is 1. The zero-order valence-electron chi connectivity index (χ0n) is 10.5. The van der Waals surface area contributed by atoms with Crippen LogP contribution in [0.4, 0.5) is 5.69 Å². The molecule has 0 radical (unpaired) electrons. The summed E-state index contributed by atoms with van der Waals surface area (Å²) in [5.41, 5.74) is 2.95. The largest absolute Gasteiger partial charge is 0.494 e. The lowest BCUT2D eigenvalue weighted by atomic mass is 9.83. The molecule has 0 fully saturated rings. The van der Waals surface area contributed by atoms with Gasteiger partial charge in [-0.3, -0.25) is 4.98 Å². The van der Waals surface area contributed by atoms with Gasteiger partial charge in [-0.2, -0.15) is 0 Å². The third-order valence-corrected chi connectivity index (χ3v) is 3.88. The van der Waals surface area contributed by atoms with Crippen LogP contribution in [0.3, 0.4) is 0 Å². The minimum Gasteiger partial charge on any atom is -0.494 e. The van der Waals surface area contributed by atoms with E-state index >= 15 is 0 Å². The van der Waals surface area contributed by atoms with Gasteiger partial charge < -0.3 is 15.3 Å². The molecule has 1 heterocycles. The lowest BCUT2D eigenvalue weighted by Gasteiger charge is -2.21. The number of rotatable bonds is 3. The fraction of sp³-hybridized carbons (Fsp3) is 0.143. The molecule has 0 saturated heterocycles. The van der Waals surface area contributed by atoms with Gasteiger partial charge in [0.15, 0.2) is 11.8 Å². The van der Waals surface area contributed by atoms with Gasteiger partial charge in [0, 0.05) is 22.7 Å². The number of aromatic amines is 1. The Balaban J connectivity index is 2.13. The maximum absolute atomic E-state index is 10.8. The molecular weight excluding hydrogens is 275 g/mol. The zero-order valence-corrected chi connectivity index (χ0v) is 11.4. The third kappa shape index (κ3) is 1.96. The van der Waals surface area contributed by atoms with Gasteiger partial charge in [0.05, 0.1) is 0 Å². The highest BCUT2D eigenvalue weighted by molar-refractivity contribution is 7.25. The number of para-hydroxylation sites is 1. The molecule has 20 heavy (non-hydrogen) atoms. The molecule has 1 aromatic heterocycles. The van der Waals surface area contributed by atoms with Gasteiger partial charge in [0.1, 0.15) is 0 Å². The second-order valence-electron chi connectivity index (χ2n) is 4.63. The Labute approximate surface area is 117 Å². The smallest absolute Gasteiger partial charge is 0.279 e. The summed E-state index contributed by atoms with van der Waals surface area (Å²) in [6.07, 6.45) is 4.44. The summed E-state index contributed by atoms with van der Waals surface area (Å²) in [6.45, 7) is 0. The first-order valence-corrected chi connectivity index (χ1v) is 7.01. The van der Waals surface area contributed by atoms with Crippen molar-refractivity contribution in [3.63, 3.8) is 0 Å². The number of benzene rings is 1. The quantitative estimate of drug-likeness (QED) is 0.650. The minimum atomic E-state index is -0.175. The number of anilines is 1. The van der Waals surface area contributed by atoms with Crippen LogP contribution >= 0.6 is 8.61 Å². The first-order valence-electron chi connectivity index (χ1n) is 6.20. The van der Waals surface area contributed by atoms with E-state index in [2.05, 4.69) is 10.1 Å². The Kier molecular flexibility index (Phi) is 3.20. The number of aromatic nitrogens is 1. The molecule has 1 aromatic carbocycles. The fourth-order valence-electron chi connectivity index (χ4n) is 2.70. The second-order valence-corrected chi connectivity index (χ2v) is 5.04. The van der Waals surface area contributed by atoms with Crippen LogP contribution in [-0.4, -0.2) is 15.2 Å². The monoisotopic (exact) mass is 288 g/mol. The van der Waals surface area contributed by atoms with Crippen LogP contribution in [-0.2, 0) is 4.57 Å². The van der Waals surface area contributed by atoms with E-state index in [0.717, 1.165) is 11.3 Å². The summed E-state index contributed by atoms with van der Waals surface area (Å²) >= 11 is 0. The van der Waals surface area contributed by atoms with Crippen LogP contribution in [0, 0.1) is 0 Å². The summed E-state index contributed by atoms with van der Waals surface area (Å²) in [5, 5.41) is 22.5. The molecule has 1 atom stereocenters. The number of H-pyrrole nitrogens is 1. The molecule has 1 aliphatic rings.